The van der Waals surface area contributed by atoms with Gasteiger partial charge in [0.2, 0.25) is 5.91 Å². The van der Waals surface area contributed by atoms with Crippen molar-refractivity contribution in [3.8, 4) is 6.07 Å². The van der Waals surface area contributed by atoms with Crippen LogP contribution >= 0.6 is 0 Å². The van der Waals surface area contributed by atoms with E-state index >= 15 is 0 Å². The van der Waals surface area contributed by atoms with Gasteiger partial charge in [-0.2, -0.15) is 5.26 Å². The lowest BCUT2D eigenvalue weighted by Crippen LogP contribution is -2.43. The third kappa shape index (κ3) is 2.87. The highest BCUT2D eigenvalue weighted by atomic mass is 16.2. The Kier molecular flexibility index (Phi) is 4.06. The molecule has 0 spiro atoms. The molecule has 0 radical (unpaired) electrons. The first-order valence-corrected chi connectivity index (χ1v) is 6.68. The van der Waals surface area contributed by atoms with Gasteiger partial charge in [0.05, 0.1) is 12.0 Å². The lowest BCUT2D eigenvalue weighted by Gasteiger charge is -2.25. The summed E-state index contributed by atoms with van der Waals surface area (Å²) in [6.07, 6.45) is 0.729. The van der Waals surface area contributed by atoms with Gasteiger partial charge in [-0.3, -0.25) is 4.79 Å². The molecule has 1 N–H and O–H groups in total. The van der Waals surface area contributed by atoms with Crippen molar-refractivity contribution in [2.75, 3.05) is 18.4 Å². The fraction of sp³-hybridized carbons (Fsp3) is 0.467. The van der Waals surface area contributed by atoms with Crippen LogP contribution < -0.4 is 5.32 Å². The van der Waals surface area contributed by atoms with E-state index in [9.17, 15) is 4.79 Å². The largest absolute Gasteiger partial charge is 0.373 e. The quantitative estimate of drug-likeness (QED) is 0.898. The minimum Gasteiger partial charge on any atom is -0.373 e. The van der Waals surface area contributed by atoms with Gasteiger partial charge in [-0.15, -0.1) is 0 Å². The highest BCUT2D eigenvalue weighted by Gasteiger charge is 2.29. The van der Waals surface area contributed by atoms with E-state index < -0.39 is 0 Å². The molecule has 1 aliphatic heterocycles. The van der Waals surface area contributed by atoms with E-state index in [2.05, 4.69) is 11.4 Å². The number of carbonyl (C=O) groups is 1. The van der Waals surface area contributed by atoms with Crippen molar-refractivity contribution < 1.29 is 4.79 Å². The van der Waals surface area contributed by atoms with Gasteiger partial charge >= 0.3 is 0 Å². The number of nitrogens with one attached hydrogen (secondary N) is 1. The van der Waals surface area contributed by atoms with Gasteiger partial charge in [0.25, 0.3) is 0 Å². The molecule has 1 heterocycles. The van der Waals surface area contributed by atoms with Crippen molar-refractivity contribution in [2.45, 2.75) is 26.3 Å². The Bertz CT molecular complexity index is 481. The van der Waals surface area contributed by atoms with Crippen LogP contribution in [0.5, 0.6) is 0 Å². The summed E-state index contributed by atoms with van der Waals surface area (Å²) in [6.45, 7) is 4.93. The topological polar surface area (TPSA) is 56.1 Å². The number of rotatable bonds is 4. The molecule has 2 rings (SSSR count). The van der Waals surface area contributed by atoms with Crippen molar-refractivity contribution in [3.05, 3.63) is 29.8 Å². The van der Waals surface area contributed by atoms with Crippen molar-refractivity contribution in [2.24, 2.45) is 5.92 Å². The molecule has 0 saturated carbocycles. The molecule has 1 amide bonds. The number of nitrogens with zero attached hydrogens (tertiary/aromatic N) is 2. The molecule has 4 heteroatoms. The summed E-state index contributed by atoms with van der Waals surface area (Å²) < 4.78 is 0. The number of fused-ring (bicyclic) bond motifs is 1. The molecule has 4 nitrogen and oxygen atoms in total. The molecule has 2 unspecified atom stereocenters. The second-order valence-electron chi connectivity index (χ2n) is 4.97. The highest BCUT2D eigenvalue weighted by molar-refractivity contribution is 5.87. The third-order valence-electron chi connectivity index (χ3n) is 3.48. The first-order chi connectivity index (χ1) is 9.15. The molecule has 2 atom stereocenters. The summed E-state index contributed by atoms with van der Waals surface area (Å²) in [5.41, 5.74) is 2.23. The van der Waals surface area contributed by atoms with Crippen LogP contribution in [0.4, 0.5) is 5.69 Å². The minimum absolute atomic E-state index is 0.0841. The molecule has 1 aromatic carbocycles. The maximum atomic E-state index is 12.5. The van der Waals surface area contributed by atoms with Crippen molar-refractivity contribution in [1.29, 1.82) is 5.26 Å². The van der Waals surface area contributed by atoms with Crippen LogP contribution in [-0.2, 0) is 11.2 Å². The predicted molar refractivity (Wildman–Crippen MR) is 74.6 cm³/mol. The molecule has 1 aliphatic rings. The number of hydrogen-bond donors (Lipinski definition) is 1. The molecule has 0 aliphatic carbocycles. The number of likely N-dealkylation sites (N-methyl/N-ethyl adjacent to an activating group) is 1. The second kappa shape index (κ2) is 5.75. The monoisotopic (exact) mass is 257 g/mol. The Hall–Kier alpha value is -2.02. The standard InChI is InChI=1S/C15H19N3O/c1-3-18(10-11(2)9-16)15(19)14-8-12-6-4-5-7-13(12)17-14/h4-7,11,14,17H,3,8,10H2,1-2H3. The summed E-state index contributed by atoms with van der Waals surface area (Å²) >= 11 is 0. The summed E-state index contributed by atoms with van der Waals surface area (Å²) in [5.74, 6) is -0.0477. The number of para-hydroxylation sites is 1. The van der Waals surface area contributed by atoms with E-state index in [1.54, 1.807) is 4.90 Å². The normalized spacial score (nSPS) is 18.1. The van der Waals surface area contributed by atoms with E-state index in [0.29, 0.717) is 13.1 Å². The van der Waals surface area contributed by atoms with E-state index in [0.717, 1.165) is 12.1 Å². The van der Waals surface area contributed by atoms with Crippen LogP contribution in [0.1, 0.15) is 19.4 Å². The number of anilines is 1. The Morgan fingerprint density at radius 2 is 2.32 bits per heavy atom. The van der Waals surface area contributed by atoms with E-state index in [4.69, 9.17) is 5.26 Å². The summed E-state index contributed by atoms with van der Waals surface area (Å²) in [4.78, 5) is 14.2. The number of nitriles is 1. The number of carbonyl (C=O) groups excluding carboxylic acids is 1. The van der Waals surface area contributed by atoms with E-state index in [1.807, 2.05) is 38.1 Å². The second-order valence-corrected chi connectivity index (χ2v) is 4.97. The number of hydrogen-bond acceptors (Lipinski definition) is 3. The van der Waals surface area contributed by atoms with Gasteiger partial charge in [-0.05, 0) is 25.5 Å². The predicted octanol–water partition coefficient (Wildman–Crippen LogP) is 2.03. The molecule has 1 aromatic rings. The van der Waals surface area contributed by atoms with Crippen LogP contribution in [0.2, 0.25) is 0 Å². The van der Waals surface area contributed by atoms with Crippen molar-refractivity contribution >= 4 is 11.6 Å². The zero-order valence-electron chi connectivity index (χ0n) is 11.4. The SMILES string of the molecule is CCN(CC(C)C#N)C(=O)C1Cc2ccccc2N1. The molecular weight excluding hydrogens is 238 g/mol. The smallest absolute Gasteiger partial charge is 0.245 e. The molecule has 0 aromatic heterocycles. The van der Waals surface area contributed by atoms with Crippen LogP contribution in [-0.4, -0.2) is 29.9 Å². The first kappa shape index (κ1) is 13.4. The van der Waals surface area contributed by atoms with Crippen molar-refractivity contribution in [1.82, 2.24) is 4.90 Å². The number of benzene rings is 1. The molecule has 100 valence electrons. The molecular formula is C15H19N3O. The van der Waals surface area contributed by atoms with Gasteiger partial charge < -0.3 is 10.2 Å². The summed E-state index contributed by atoms with van der Waals surface area (Å²) in [6, 6.07) is 9.98. The van der Waals surface area contributed by atoms with Gasteiger partial charge in [0.1, 0.15) is 6.04 Å². The lowest BCUT2D eigenvalue weighted by atomic mass is 10.1. The maximum Gasteiger partial charge on any atom is 0.245 e. The number of amides is 1. The lowest BCUT2D eigenvalue weighted by molar-refractivity contribution is -0.132. The average molecular weight is 257 g/mol. The zero-order valence-corrected chi connectivity index (χ0v) is 11.4. The highest BCUT2D eigenvalue weighted by Crippen LogP contribution is 2.26. The summed E-state index contributed by atoms with van der Waals surface area (Å²) in [5, 5.41) is 12.1. The van der Waals surface area contributed by atoms with Crippen LogP contribution in [0.25, 0.3) is 0 Å². The summed E-state index contributed by atoms with van der Waals surface area (Å²) in [7, 11) is 0. The van der Waals surface area contributed by atoms with Crippen molar-refractivity contribution in [3.63, 3.8) is 0 Å². The molecule has 19 heavy (non-hydrogen) atoms. The molecule has 0 saturated heterocycles. The minimum atomic E-state index is -0.191. The van der Waals surface area contributed by atoms with E-state index in [1.165, 1.54) is 5.56 Å². The van der Waals surface area contributed by atoms with E-state index in [-0.39, 0.29) is 17.9 Å². The van der Waals surface area contributed by atoms with Crippen LogP contribution in [0.15, 0.2) is 24.3 Å². The molecule has 0 bridgehead atoms. The molecule has 0 fully saturated rings. The van der Waals surface area contributed by atoms with Gasteiger partial charge in [-0.1, -0.05) is 18.2 Å². The fourth-order valence-corrected chi connectivity index (χ4v) is 2.41. The van der Waals surface area contributed by atoms with Crippen LogP contribution in [0.3, 0.4) is 0 Å². The van der Waals surface area contributed by atoms with Gasteiger partial charge in [0.15, 0.2) is 0 Å². The Morgan fingerprint density at radius 3 is 2.95 bits per heavy atom. The Balaban J connectivity index is 2.03. The zero-order chi connectivity index (χ0) is 13.8. The maximum absolute atomic E-state index is 12.5. The van der Waals surface area contributed by atoms with Gasteiger partial charge in [0, 0.05) is 25.2 Å². The Morgan fingerprint density at radius 1 is 1.58 bits per heavy atom. The first-order valence-electron chi connectivity index (χ1n) is 6.68. The average Bonchev–Trinajstić information content (AvgIpc) is 2.87. The van der Waals surface area contributed by atoms with Crippen LogP contribution in [0, 0.1) is 17.2 Å². The Labute approximate surface area is 114 Å². The third-order valence-corrected chi connectivity index (χ3v) is 3.48. The fourth-order valence-electron chi connectivity index (χ4n) is 2.41. The van der Waals surface area contributed by atoms with Gasteiger partial charge in [-0.25, -0.2) is 0 Å².